The Hall–Kier alpha value is -13.3. The molecule has 4 saturated heterocycles. The first-order valence-electron chi connectivity index (χ1n) is 41.4. The number of esters is 3. The number of hydrogen-bond donors (Lipinski definition) is 1. The van der Waals surface area contributed by atoms with Crippen LogP contribution in [0.4, 0.5) is 22.7 Å². The van der Waals surface area contributed by atoms with Crippen LogP contribution in [0.15, 0.2) is 159 Å². The van der Waals surface area contributed by atoms with Gasteiger partial charge < -0.3 is 33.5 Å². The van der Waals surface area contributed by atoms with Crippen LogP contribution in [0.5, 0.6) is 11.5 Å². The standard InChI is InChI=1S/C92H87N7O23/c1-4-5-6-9-32-117-62-22-16-51(17-23-62)52-18-24-63(25-19-52)119-34-13-14-37-122-92(116)55-41-58(95-79(102)67-47-65-66(48-68(67)80(95)103)78(101)94(3)77(65)100)45-59(42-55)97-85(108)73-74(86(97)109)76-75(73)87(110)99(88(76)111)61-44-56(91(115)121-36-12-8-15-50-28-30-93-31-29-50)43-60(46-61)98-83(106)71-69-70(72(71)84(98)107)82(105)96(81(69)104)57-39-49(2)38-54(40-57)90(114)120-35-11-7-10-33-118-64-26-20-53(21-27-64)89(112)113/h18-21,24-31,38-48,51,62,69-76H,4-17,22-23,32-37H2,1-3H3,(H,112,113). The van der Waals surface area contributed by atoms with Crippen LogP contribution in [-0.2, 0) is 70.8 Å². The van der Waals surface area contributed by atoms with E-state index >= 15 is 19.2 Å². The van der Waals surface area contributed by atoms with Gasteiger partial charge in [0.05, 0.1) is 159 Å². The van der Waals surface area contributed by atoms with Gasteiger partial charge in [0.15, 0.2) is 0 Å². The number of aromatic nitrogens is 3. The van der Waals surface area contributed by atoms with Gasteiger partial charge in [-0.05, 0) is 228 Å². The molecule has 7 fully saturated rings. The Morgan fingerprint density at radius 1 is 0.385 bits per heavy atom. The summed E-state index contributed by atoms with van der Waals surface area (Å²) in [4.78, 5) is 235. The zero-order chi connectivity index (χ0) is 85.6. The van der Waals surface area contributed by atoms with Crippen LogP contribution >= 0.6 is 0 Å². The number of carbonyl (C=O) groups is 12. The van der Waals surface area contributed by atoms with E-state index in [1.165, 1.54) is 62.2 Å². The average Bonchev–Trinajstić information content (AvgIpc) is 1.52. The summed E-state index contributed by atoms with van der Waals surface area (Å²) in [6, 6.07) is 30.9. The SMILES string of the molecule is CCCCCCOC1CCC(c2ccc(OCCCCOC(=O)c3cc(N4C(=O)C5C6C(=O)N(c7cc(C(=O)OCCCCc8ccncc8)cc(N8C(=O)C9C%10C(=O)N(c%11cc(C)cc(C(=O)OCCCCCOc%12ccc(C(=O)O)cc%12)c%11)C(=O)C%10C9C8=O)c7)C(=O)C6C5C4=O)cc(-n4c(=O)c5cc6c(=O)n(C)c(=O)c6cc5c4=O)c3)cc2)CC1. The number of hydrogen-bond acceptors (Lipinski definition) is 23. The van der Waals surface area contributed by atoms with E-state index in [9.17, 15) is 57.5 Å². The summed E-state index contributed by atoms with van der Waals surface area (Å²) in [6.45, 7) is 4.93. The quantitative estimate of drug-likeness (QED) is 0.0169. The second kappa shape index (κ2) is 34.5. The molecular formula is C92H87N7O23. The van der Waals surface area contributed by atoms with Gasteiger partial charge in [-0.1, -0.05) is 38.3 Å². The highest BCUT2D eigenvalue weighted by Gasteiger charge is 2.75. The lowest BCUT2D eigenvalue weighted by molar-refractivity contribution is -0.146. The van der Waals surface area contributed by atoms with Gasteiger partial charge in [0.1, 0.15) is 11.5 Å². The molecule has 4 aliphatic heterocycles. The molecule has 6 aromatic carbocycles. The Balaban J connectivity index is 0.614. The number of nitrogens with zero attached hydrogens (tertiary/aromatic N) is 7. The summed E-state index contributed by atoms with van der Waals surface area (Å²) < 4.78 is 36.4. The van der Waals surface area contributed by atoms with E-state index in [-0.39, 0.29) is 98.7 Å². The fourth-order valence-electron chi connectivity index (χ4n) is 18.4. The minimum Gasteiger partial charge on any atom is -0.494 e. The van der Waals surface area contributed by atoms with Crippen molar-refractivity contribution in [2.24, 2.45) is 54.4 Å². The lowest BCUT2D eigenvalue weighted by Crippen LogP contribution is -2.50. The van der Waals surface area contributed by atoms with Gasteiger partial charge >= 0.3 is 23.9 Å². The third kappa shape index (κ3) is 15.4. The number of carboxylic acids is 1. The van der Waals surface area contributed by atoms with Crippen molar-refractivity contribution in [3.63, 3.8) is 0 Å². The number of anilines is 4. The smallest absolute Gasteiger partial charge is 0.338 e. The number of aromatic carboxylic acids is 1. The highest BCUT2D eigenvalue weighted by molar-refractivity contribution is 6.34. The van der Waals surface area contributed by atoms with Crippen LogP contribution in [-0.4, -0.2) is 136 Å². The number of pyridine rings is 1. The number of ether oxygens (including phenoxy) is 6. The number of carboxylic acid groups (broad SMARTS) is 1. The maximum Gasteiger partial charge on any atom is 0.338 e. The molecule has 16 rings (SSSR count). The lowest BCUT2D eigenvalue weighted by atomic mass is 9.59. The first-order valence-corrected chi connectivity index (χ1v) is 41.4. The van der Waals surface area contributed by atoms with Gasteiger partial charge in [0.2, 0.25) is 47.3 Å². The molecule has 122 heavy (non-hydrogen) atoms. The molecule has 7 heterocycles. The second-order valence-electron chi connectivity index (χ2n) is 32.3. The number of imide groups is 4. The van der Waals surface area contributed by atoms with Gasteiger partial charge in [-0.3, -0.25) is 67.1 Å². The fraction of sp³-hybridized carbons (Fsp3) is 0.380. The summed E-state index contributed by atoms with van der Waals surface area (Å²) in [7, 11) is 1.24. The van der Waals surface area contributed by atoms with Crippen molar-refractivity contribution in [2.75, 3.05) is 59.2 Å². The van der Waals surface area contributed by atoms with Crippen molar-refractivity contribution in [1.82, 2.24) is 14.1 Å². The highest BCUT2D eigenvalue weighted by atomic mass is 16.5. The summed E-state index contributed by atoms with van der Waals surface area (Å²) in [5.74, 6) is -21.6. The van der Waals surface area contributed by atoms with Crippen molar-refractivity contribution < 1.29 is 91.1 Å². The van der Waals surface area contributed by atoms with Gasteiger partial charge in [0, 0.05) is 26.0 Å². The number of rotatable bonds is 34. The van der Waals surface area contributed by atoms with Crippen LogP contribution in [0.25, 0.3) is 27.2 Å². The summed E-state index contributed by atoms with van der Waals surface area (Å²) in [6.07, 6.45) is 16.3. The largest absolute Gasteiger partial charge is 0.494 e. The van der Waals surface area contributed by atoms with Gasteiger partial charge in [-0.15, -0.1) is 0 Å². The predicted molar refractivity (Wildman–Crippen MR) is 440 cm³/mol. The normalized spacial score (nSPS) is 21.4. The molecule has 0 spiro atoms. The second-order valence-corrected chi connectivity index (χ2v) is 32.3. The molecule has 3 aromatic heterocycles. The molecule has 3 saturated carbocycles. The number of aryl methyl sites for hydroxylation is 2. The van der Waals surface area contributed by atoms with Crippen LogP contribution in [0.2, 0.25) is 0 Å². The number of amides is 8. The van der Waals surface area contributed by atoms with E-state index in [1.54, 1.807) is 31.5 Å². The Kier molecular flexibility index (Phi) is 23.3. The molecule has 0 radical (unpaired) electrons. The minimum absolute atomic E-state index is 0.00533. The molecule has 628 valence electrons. The van der Waals surface area contributed by atoms with Crippen molar-refractivity contribution >= 4 is 115 Å². The lowest BCUT2D eigenvalue weighted by Gasteiger charge is -2.36. The van der Waals surface area contributed by atoms with E-state index in [2.05, 4.69) is 24.0 Å². The first kappa shape index (κ1) is 82.4. The van der Waals surface area contributed by atoms with E-state index in [1.807, 2.05) is 24.3 Å². The van der Waals surface area contributed by atoms with E-state index in [4.69, 9.17) is 33.5 Å². The Morgan fingerprint density at radius 2 is 0.754 bits per heavy atom. The Bertz CT molecular complexity index is 5840. The van der Waals surface area contributed by atoms with Crippen molar-refractivity contribution in [3.05, 3.63) is 220 Å². The molecule has 8 amide bonds. The third-order valence-electron chi connectivity index (χ3n) is 24.8. The maximum atomic E-state index is 15.2. The molecule has 7 aliphatic rings. The predicted octanol–water partition coefficient (Wildman–Crippen LogP) is 9.92. The molecule has 1 N–H and O–H groups in total. The Morgan fingerprint density at radius 3 is 1.20 bits per heavy atom. The molecule has 3 aliphatic carbocycles. The van der Waals surface area contributed by atoms with Crippen molar-refractivity contribution in [1.29, 1.82) is 0 Å². The number of benzene rings is 6. The molecule has 0 bridgehead atoms. The number of unbranched alkanes of at least 4 members (excludes halogenated alkanes) is 7. The zero-order valence-corrected chi connectivity index (χ0v) is 67.2. The van der Waals surface area contributed by atoms with Crippen molar-refractivity contribution in [2.45, 2.75) is 129 Å². The van der Waals surface area contributed by atoms with Crippen LogP contribution in [0.1, 0.15) is 167 Å². The van der Waals surface area contributed by atoms with Crippen LogP contribution in [0.3, 0.4) is 0 Å². The number of fused-ring (bicyclic) bond motifs is 10. The van der Waals surface area contributed by atoms with Gasteiger partial charge in [-0.25, -0.2) is 43.3 Å². The summed E-state index contributed by atoms with van der Waals surface area (Å²) in [5.41, 5.74) is -2.78. The van der Waals surface area contributed by atoms with E-state index in [0.717, 1.165) is 102 Å². The fourth-order valence-corrected chi connectivity index (χ4v) is 18.4. The summed E-state index contributed by atoms with van der Waals surface area (Å²) in [5, 5.41) is 8.35. The topological polar surface area (TPSA) is 384 Å². The molecule has 8 atom stereocenters. The van der Waals surface area contributed by atoms with Crippen LogP contribution < -0.4 is 51.3 Å². The van der Waals surface area contributed by atoms with Gasteiger partial charge in [-0.2, -0.15) is 0 Å². The Labute approximate surface area is 696 Å². The number of carbonyl (C=O) groups excluding carboxylic acids is 11. The third-order valence-corrected chi connectivity index (χ3v) is 24.8. The molecule has 30 heteroatoms. The average molecular weight is 1660 g/mol. The van der Waals surface area contributed by atoms with Crippen molar-refractivity contribution in [3.8, 4) is 17.2 Å². The van der Waals surface area contributed by atoms with E-state index < -0.39 is 141 Å². The highest BCUT2D eigenvalue weighted by Crippen LogP contribution is 2.60. The molecule has 9 aromatic rings. The van der Waals surface area contributed by atoms with Crippen LogP contribution in [0, 0.1) is 54.3 Å². The molecule has 8 unspecified atom stereocenters. The maximum absolute atomic E-state index is 15.2. The van der Waals surface area contributed by atoms with Gasteiger partial charge in [0.25, 0.3) is 22.2 Å². The first-order chi connectivity index (χ1) is 58.9. The monoisotopic (exact) mass is 1660 g/mol. The minimum atomic E-state index is -1.55. The molecule has 30 nitrogen and oxygen atoms in total. The molecular weight excluding hydrogens is 1570 g/mol. The van der Waals surface area contributed by atoms with E-state index in [0.29, 0.717) is 106 Å². The zero-order valence-electron chi connectivity index (χ0n) is 67.2. The summed E-state index contributed by atoms with van der Waals surface area (Å²) >= 11 is 0.